The van der Waals surface area contributed by atoms with Crippen LogP contribution in [0, 0.1) is 17.2 Å². The standard InChI is InChI=1S/C24H24N6O/c1-29-13-19(22(28-29)15-6-3-2-4-7-15)21-17(12-25)23(26)27-20-10-11-30(14-18(20)21)24(31)16-8-5-9-16/h2-4,6-7,13,16H,5,8-11,14H2,1H3,(H2,26,27). The number of fused-ring (bicyclic) bond motifs is 1. The predicted octanol–water partition coefficient (Wildman–Crippen LogP) is 3.29. The van der Waals surface area contributed by atoms with E-state index >= 15 is 0 Å². The lowest BCUT2D eigenvalue weighted by atomic mass is 9.83. The molecule has 3 aromatic rings. The third-order valence-corrected chi connectivity index (χ3v) is 6.40. The number of benzene rings is 1. The van der Waals surface area contributed by atoms with Crippen LogP contribution in [0.15, 0.2) is 36.5 Å². The Kier molecular flexibility index (Phi) is 4.70. The van der Waals surface area contributed by atoms with E-state index in [2.05, 4.69) is 16.2 Å². The van der Waals surface area contributed by atoms with Crippen molar-refractivity contribution >= 4 is 11.7 Å². The van der Waals surface area contributed by atoms with Gasteiger partial charge in [0.2, 0.25) is 5.91 Å². The largest absolute Gasteiger partial charge is 0.383 e. The van der Waals surface area contributed by atoms with Crippen molar-refractivity contribution in [3.8, 4) is 28.5 Å². The number of hydrogen-bond acceptors (Lipinski definition) is 5. The second-order valence-corrected chi connectivity index (χ2v) is 8.35. The van der Waals surface area contributed by atoms with E-state index in [0.29, 0.717) is 25.1 Å². The highest BCUT2D eigenvalue weighted by molar-refractivity contribution is 5.88. The Hall–Kier alpha value is -3.66. The highest BCUT2D eigenvalue weighted by Gasteiger charge is 2.34. The summed E-state index contributed by atoms with van der Waals surface area (Å²) < 4.78 is 1.75. The van der Waals surface area contributed by atoms with Gasteiger partial charge in [-0.3, -0.25) is 9.48 Å². The van der Waals surface area contributed by atoms with Gasteiger partial charge in [0.25, 0.3) is 0 Å². The summed E-state index contributed by atoms with van der Waals surface area (Å²) in [7, 11) is 1.87. The van der Waals surface area contributed by atoms with Crippen LogP contribution in [0.25, 0.3) is 22.4 Å². The van der Waals surface area contributed by atoms with E-state index < -0.39 is 0 Å². The normalized spacial score (nSPS) is 15.8. The summed E-state index contributed by atoms with van der Waals surface area (Å²) in [6.07, 6.45) is 5.62. The molecule has 7 nitrogen and oxygen atoms in total. The Balaban J connectivity index is 1.68. The molecular formula is C24H24N6O. The number of aryl methyl sites for hydroxylation is 1. The number of nitrogen functional groups attached to an aromatic ring is 1. The number of anilines is 1. The Bertz CT molecular complexity index is 1200. The van der Waals surface area contributed by atoms with Crippen molar-refractivity contribution in [2.45, 2.75) is 32.2 Å². The number of rotatable bonds is 3. The van der Waals surface area contributed by atoms with Crippen LogP contribution in [0.3, 0.4) is 0 Å². The lowest BCUT2D eigenvalue weighted by Gasteiger charge is -2.35. The summed E-state index contributed by atoms with van der Waals surface area (Å²) in [4.78, 5) is 19.4. The number of nitriles is 1. The molecule has 7 heteroatoms. The van der Waals surface area contributed by atoms with Crippen LogP contribution in [0.2, 0.25) is 0 Å². The van der Waals surface area contributed by atoms with Crippen molar-refractivity contribution < 1.29 is 4.79 Å². The molecule has 2 aliphatic rings. The molecule has 2 aromatic heterocycles. The number of nitrogens with zero attached hydrogens (tertiary/aromatic N) is 5. The number of aromatic nitrogens is 3. The molecule has 1 aliphatic heterocycles. The maximum Gasteiger partial charge on any atom is 0.225 e. The molecule has 0 radical (unpaired) electrons. The lowest BCUT2D eigenvalue weighted by molar-refractivity contribution is -0.139. The van der Waals surface area contributed by atoms with Crippen molar-refractivity contribution in [3.05, 3.63) is 53.3 Å². The van der Waals surface area contributed by atoms with E-state index in [-0.39, 0.29) is 17.6 Å². The number of hydrogen-bond donors (Lipinski definition) is 1. The second-order valence-electron chi connectivity index (χ2n) is 8.35. The summed E-state index contributed by atoms with van der Waals surface area (Å²) in [5, 5.41) is 14.6. The molecule has 1 aromatic carbocycles. The quantitative estimate of drug-likeness (QED) is 0.711. The van der Waals surface area contributed by atoms with Crippen LogP contribution in [0.4, 0.5) is 5.82 Å². The minimum Gasteiger partial charge on any atom is -0.383 e. The Morgan fingerprint density at radius 3 is 2.71 bits per heavy atom. The zero-order chi connectivity index (χ0) is 21.5. The van der Waals surface area contributed by atoms with Crippen LogP contribution >= 0.6 is 0 Å². The molecule has 1 fully saturated rings. The van der Waals surface area contributed by atoms with E-state index in [0.717, 1.165) is 52.9 Å². The average Bonchev–Trinajstić information content (AvgIpc) is 3.13. The molecular weight excluding hydrogens is 388 g/mol. The van der Waals surface area contributed by atoms with Crippen LogP contribution < -0.4 is 5.73 Å². The van der Waals surface area contributed by atoms with E-state index in [1.165, 1.54) is 0 Å². The molecule has 3 heterocycles. The molecule has 0 bridgehead atoms. The number of nitrogens with two attached hydrogens (primary N) is 1. The minimum atomic E-state index is 0.139. The number of carbonyl (C=O) groups is 1. The molecule has 0 atom stereocenters. The van der Waals surface area contributed by atoms with Gasteiger partial charge in [0.15, 0.2) is 0 Å². The zero-order valence-electron chi connectivity index (χ0n) is 17.5. The first kappa shape index (κ1) is 19.3. The first-order valence-corrected chi connectivity index (χ1v) is 10.7. The smallest absolute Gasteiger partial charge is 0.225 e. The molecule has 0 saturated heterocycles. The van der Waals surface area contributed by atoms with E-state index in [1.54, 1.807) is 4.68 Å². The molecule has 1 amide bonds. The predicted molar refractivity (Wildman–Crippen MR) is 117 cm³/mol. The van der Waals surface area contributed by atoms with Gasteiger partial charge in [0.1, 0.15) is 23.1 Å². The van der Waals surface area contributed by atoms with Crippen molar-refractivity contribution in [1.29, 1.82) is 5.26 Å². The monoisotopic (exact) mass is 412 g/mol. The molecule has 31 heavy (non-hydrogen) atoms. The molecule has 5 rings (SSSR count). The van der Waals surface area contributed by atoms with Crippen LogP contribution in [0.5, 0.6) is 0 Å². The maximum absolute atomic E-state index is 13.0. The molecule has 1 aliphatic carbocycles. The summed E-state index contributed by atoms with van der Waals surface area (Å²) in [5.74, 6) is 0.589. The summed E-state index contributed by atoms with van der Waals surface area (Å²) >= 11 is 0. The van der Waals surface area contributed by atoms with E-state index in [4.69, 9.17) is 5.73 Å². The first-order chi connectivity index (χ1) is 15.1. The van der Waals surface area contributed by atoms with Crippen LogP contribution in [-0.4, -0.2) is 32.1 Å². The maximum atomic E-state index is 13.0. The van der Waals surface area contributed by atoms with Gasteiger partial charge in [-0.15, -0.1) is 0 Å². The molecule has 1 saturated carbocycles. The summed E-state index contributed by atoms with van der Waals surface area (Å²) in [6, 6.07) is 12.2. The minimum absolute atomic E-state index is 0.139. The Morgan fingerprint density at radius 1 is 1.26 bits per heavy atom. The van der Waals surface area contributed by atoms with Gasteiger partial charge >= 0.3 is 0 Å². The van der Waals surface area contributed by atoms with Gasteiger partial charge in [-0.25, -0.2) is 4.98 Å². The molecule has 0 spiro atoms. The van der Waals surface area contributed by atoms with E-state index in [9.17, 15) is 10.1 Å². The van der Waals surface area contributed by atoms with Gasteiger partial charge in [0, 0.05) is 60.9 Å². The van der Waals surface area contributed by atoms with Crippen molar-refractivity contribution in [3.63, 3.8) is 0 Å². The van der Waals surface area contributed by atoms with Gasteiger partial charge in [-0.2, -0.15) is 10.4 Å². The fourth-order valence-electron chi connectivity index (χ4n) is 4.57. The first-order valence-electron chi connectivity index (χ1n) is 10.7. The van der Waals surface area contributed by atoms with Crippen molar-refractivity contribution in [2.75, 3.05) is 12.3 Å². The van der Waals surface area contributed by atoms with E-state index in [1.807, 2.05) is 48.5 Å². The Morgan fingerprint density at radius 2 is 2.03 bits per heavy atom. The summed E-state index contributed by atoms with van der Waals surface area (Å²) in [5.41, 5.74) is 11.7. The number of pyridine rings is 1. The fourth-order valence-corrected chi connectivity index (χ4v) is 4.57. The van der Waals surface area contributed by atoms with Gasteiger partial charge in [-0.1, -0.05) is 36.8 Å². The third kappa shape index (κ3) is 3.25. The highest BCUT2D eigenvalue weighted by atomic mass is 16.2. The summed E-state index contributed by atoms with van der Waals surface area (Å²) in [6.45, 7) is 1.09. The molecule has 2 N–H and O–H groups in total. The van der Waals surface area contributed by atoms with Crippen molar-refractivity contribution in [2.24, 2.45) is 13.0 Å². The van der Waals surface area contributed by atoms with Gasteiger partial charge < -0.3 is 10.6 Å². The average molecular weight is 412 g/mol. The Labute approximate surface area is 181 Å². The third-order valence-electron chi connectivity index (χ3n) is 6.40. The molecule has 0 unspecified atom stereocenters. The SMILES string of the molecule is Cn1cc(-c2c(C#N)c(N)nc3c2CN(C(=O)C2CCC2)CC3)c(-c2ccccc2)n1. The fraction of sp³-hybridized carbons (Fsp3) is 0.333. The number of amides is 1. The molecule has 156 valence electrons. The highest BCUT2D eigenvalue weighted by Crippen LogP contribution is 2.40. The van der Waals surface area contributed by atoms with Crippen LogP contribution in [-0.2, 0) is 24.8 Å². The number of carbonyl (C=O) groups excluding carboxylic acids is 1. The topological polar surface area (TPSA) is 101 Å². The van der Waals surface area contributed by atoms with Gasteiger partial charge in [0.05, 0.1) is 5.69 Å². The van der Waals surface area contributed by atoms with Crippen molar-refractivity contribution in [1.82, 2.24) is 19.7 Å². The second kappa shape index (κ2) is 7.55. The van der Waals surface area contributed by atoms with Crippen LogP contribution in [0.1, 0.15) is 36.1 Å². The lowest BCUT2D eigenvalue weighted by Crippen LogP contribution is -2.42. The zero-order valence-corrected chi connectivity index (χ0v) is 17.5. The van der Waals surface area contributed by atoms with Gasteiger partial charge in [-0.05, 0) is 12.8 Å².